The van der Waals surface area contributed by atoms with Crippen molar-refractivity contribution in [3.63, 3.8) is 0 Å². The summed E-state index contributed by atoms with van der Waals surface area (Å²) in [5.74, 6) is 0.792. The van der Waals surface area contributed by atoms with Crippen molar-refractivity contribution < 1.29 is 9.47 Å². The summed E-state index contributed by atoms with van der Waals surface area (Å²) in [5, 5.41) is 2.15. The third-order valence-electron chi connectivity index (χ3n) is 3.43. The Labute approximate surface area is 133 Å². The van der Waals surface area contributed by atoms with Gasteiger partial charge in [0, 0.05) is 18.7 Å². The van der Waals surface area contributed by atoms with E-state index in [2.05, 4.69) is 24.0 Å². The number of benzene rings is 1. The molecule has 22 heavy (non-hydrogen) atoms. The number of rotatable bonds is 5. The summed E-state index contributed by atoms with van der Waals surface area (Å²) in [6.07, 6.45) is 1.88. The first-order valence-corrected chi connectivity index (χ1v) is 7.95. The molecule has 0 fully saturated rings. The van der Waals surface area contributed by atoms with Crippen LogP contribution >= 0.6 is 11.3 Å². The highest BCUT2D eigenvalue weighted by Gasteiger charge is 2.11. The lowest BCUT2D eigenvalue weighted by Gasteiger charge is -2.11. The maximum Gasteiger partial charge on any atom is 0.145 e. The maximum absolute atomic E-state index is 5.81. The molecule has 3 rings (SSSR count). The normalized spacial score (nSPS) is 11.0. The van der Waals surface area contributed by atoms with Crippen LogP contribution in [0.25, 0.3) is 21.5 Å². The van der Waals surface area contributed by atoms with E-state index in [1.807, 2.05) is 25.3 Å². The molecule has 0 atom stereocenters. The number of fused-ring (bicyclic) bond motifs is 1. The lowest BCUT2D eigenvalue weighted by atomic mass is 10.1. The first-order chi connectivity index (χ1) is 10.7. The summed E-state index contributed by atoms with van der Waals surface area (Å²) in [7, 11) is 1.67. The van der Waals surface area contributed by atoms with Gasteiger partial charge in [-0.25, -0.2) is 9.97 Å². The van der Waals surface area contributed by atoms with E-state index >= 15 is 0 Å². The number of hydrogen-bond acceptors (Lipinski definition) is 5. The van der Waals surface area contributed by atoms with Gasteiger partial charge in [-0.2, -0.15) is 0 Å². The molecule has 0 saturated heterocycles. The van der Waals surface area contributed by atoms with E-state index in [4.69, 9.17) is 14.5 Å². The van der Waals surface area contributed by atoms with E-state index in [1.54, 1.807) is 18.4 Å². The van der Waals surface area contributed by atoms with E-state index in [0.29, 0.717) is 13.2 Å². The predicted molar refractivity (Wildman–Crippen MR) is 89.7 cm³/mol. The molecule has 5 heteroatoms. The van der Waals surface area contributed by atoms with Gasteiger partial charge < -0.3 is 9.47 Å². The summed E-state index contributed by atoms with van der Waals surface area (Å²) in [4.78, 5) is 10.2. The zero-order valence-corrected chi connectivity index (χ0v) is 13.7. The molecule has 1 aromatic carbocycles. The standard InChI is InChI=1S/C17H18N2O2S/c1-11-9-14(16-10-18-12(2)22-16)19-17-13(11)5-4-6-15(17)21-8-7-20-3/h4-6,9-10H,7-8H2,1-3H3. The third kappa shape index (κ3) is 2.96. The molecule has 2 heterocycles. The molecule has 0 amide bonds. The van der Waals surface area contributed by atoms with Crippen LogP contribution in [0.3, 0.4) is 0 Å². The Bertz CT molecular complexity index is 798. The van der Waals surface area contributed by atoms with Crippen molar-refractivity contribution in [3.05, 3.63) is 41.0 Å². The van der Waals surface area contributed by atoms with Gasteiger partial charge in [-0.3, -0.25) is 0 Å². The van der Waals surface area contributed by atoms with Crippen molar-refractivity contribution >= 4 is 22.2 Å². The lowest BCUT2D eigenvalue weighted by Crippen LogP contribution is -2.05. The lowest BCUT2D eigenvalue weighted by molar-refractivity contribution is 0.147. The summed E-state index contributed by atoms with van der Waals surface area (Å²) in [6, 6.07) is 8.12. The van der Waals surface area contributed by atoms with Crippen molar-refractivity contribution in [1.82, 2.24) is 9.97 Å². The van der Waals surface area contributed by atoms with Crippen molar-refractivity contribution in [3.8, 4) is 16.3 Å². The minimum Gasteiger partial charge on any atom is -0.489 e. The number of aromatic nitrogens is 2. The fourth-order valence-corrected chi connectivity index (χ4v) is 3.09. The number of para-hydroxylation sites is 1. The van der Waals surface area contributed by atoms with Gasteiger partial charge in [-0.1, -0.05) is 12.1 Å². The molecule has 114 valence electrons. The van der Waals surface area contributed by atoms with Crippen molar-refractivity contribution in [1.29, 1.82) is 0 Å². The Morgan fingerprint density at radius 1 is 1.18 bits per heavy atom. The molecule has 0 spiro atoms. The summed E-state index contributed by atoms with van der Waals surface area (Å²) >= 11 is 1.65. The molecular weight excluding hydrogens is 296 g/mol. The average Bonchev–Trinajstić information content (AvgIpc) is 2.94. The van der Waals surface area contributed by atoms with Crippen LogP contribution in [0.5, 0.6) is 5.75 Å². The Morgan fingerprint density at radius 3 is 2.77 bits per heavy atom. The van der Waals surface area contributed by atoms with Crippen LogP contribution in [0, 0.1) is 13.8 Å². The molecule has 2 aromatic heterocycles. The number of ether oxygens (including phenoxy) is 2. The Kier molecular flexibility index (Phi) is 4.36. The van der Waals surface area contributed by atoms with E-state index in [-0.39, 0.29) is 0 Å². The average molecular weight is 314 g/mol. The van der Waals surface area contributed by atoms with Gasteiger partial charge >= 0.3 is 0 Å². The second-order valence-corrected chi connectivity index (χ2v) is 6.30. The minimum absolute atomic E-state index is 0.514. The number of nitrogens with zero attached hydrogens (tertiary/aromatic N) is 2. The van der Waals surface area contributed by atoms with Gasteiger partial charge in [0.1, 0.15) is 17.9 Å². The van der Waals surface area contributed by atoms with Crippen LogP contribution in [-0.2, 0) is 4.74 Å². The van der Waals surface area contributed by atoms with E-state index < -0.39 is 0 Å². The molecule has 0 N–H and O–H groups in total. The highest BCUT2D eigenvalue weighted by atomic mass is 32.1. The fourth-order valence-electron chi connectivity index (χ4n) is 2.35. The van der Waals surface area contributed by atoms with Gasteiger partial charge in [-0.15, -0.1) is 11.3 Å². The highest BCUT2D eigenvalue weighted by Crippen LogP contribution is 2.32. The molecule has 0 bridgehead atoms. The molecule has 0 radical (unpaired) electrons. The van der Waals surface area contributed by atoms with Gasteiger partial charge in [0.05, 0.1) is 22.2 Å². The monoisotopic (exact) mass is 314 g/mol. The predicted octanol–water partition coefficient (Wildman–Crippen LogP) is 4.00. The highest BCUT2D eigenvalue weighted by molar-refractivity contribution is 7.15. The molecular formula is C17H18N2O2S. The topological polar surface area (TPSA) is 44.2 Å². The molecule has 0 aliphatic heterocycles. The van der Waals surface area contributed by atoms with Crippen molar-refractivity contribution in [2.45, 2.75) is 13.8 Å². The Hall–Kier alpha value is -1.98. The third-order valence-corrected chi connectivity index (χ3v) is 4.36. The van der Waals surface area contributed by atoms with Crippen LogP contribution in [0.2, 0.25) is 0 Å². The summed E-state index contributed by atoms with van der Waals surface area (Å²) < 4.78 is 10.9. The zero-order valence-electron chi connectivity index (χ0n) is 12.9. The number of aryl methyl sites for hydroxylation is 2. The van der Waals surface area contributed by atoms with Gasteiger partial charge in [-0.05, 0) is 31.5 Å². The van der Waals surface area contributed by atoms with Crippen LogP contribution in [0.1, 0.15) is 10.6 Å². The van der Waals surface area contributed by atoms with Crippen LogP contribution in [0.15, 0.2) is 30.5 Å². The second-order valence-electron chi connectivity index (χ2n) is 5.06. The van der Waals surface area contributed by atoms with Crippen molar-refractivity contribution in [2.75, 3.05) is 20.3 Å². The van der Waals surface area contributed by atoms with Crippen molar-refractivity contribution in [2.24, 2.45) is 0 Å². The molecule has 0 aliphatic carbocycles. The number of hydrogen-bond donors (Lipinski definition) is 0. The Balaban J connectivity index is 2.08. The number of pyridine rings is 1. The number of methoxy groups -OCH3 is 1. The molecule has 0 aliphatic rings. The van der Waals surface area contributed by atoms with Gasteiger partial charge in [0.2, 0.25) is 0 Å². The Morgan fingerprint density at radius 2 is 2.05 bits per heavy atom. The van der Waals surface area contributed by atoms with Gasteiger partial charge in [0.15, 0.2) is 0 Å². The SMILES string of the molecule is COCCOc1cccc2c(C)cc(-c3cnc(C)s3)nc12. The molecule has 3 aromatic rings. The minimum atomic E-state index is 0.514. The zero-order chi connectivity index (χ0) is 15.5. The molecule has 4 nitrogen and oxygen atoms in total. The maximum atomic E-state index is 5.81. The first-order valence-electron chi connectivity index (χ1n) is 7.14. The quantitative estimate of drug-likeness (QED) is 0.668. The van der Waals surface area contributed by atoms with E-state index in [9.17, 15) is 0 Å². The fraction of sp³-hybridized carbons (Fsp3) is 0.294. The van der Waals surface area contributed by atoms with Gasteiger partial charge in [0.25, 0.3) is 0 Å². The first kappa shape index (κ1) is 14.9. The molecule has 0 unspecified atom stereocenters. The smallest absolute Gasteiger partial charge is 0.145 e. The van der Waals surface area contributed by atoms with Crippen LogP contribution in [0.4, 0.5) is 0 Å². The number of thiazole rings is 1. The summed E-state index contributed by atoms with van der Waals surface area (Å²) in [6.45, 7) is 5.17. The second kappa shape index (κ2) is 6.42. The largest absolute Gasteiger partial charge is 0.489 e. The molecule has 0 saturated carbocycles. The summed E-state index contributed by atoms with van der Waals surface area (Å²) in [5.41, 5.74) is 3.02. The van der Waals surface area contributed by atoms with E-state index in [0.717, 1.165) is 32.2 Å². The van der Waals surface area contributed by atoms with E-state index in [1.165, 1.54) is 5.56 Å². The van der Waals surface area contributed by atoms with Crippen LogP contribution in [-0.4, -0.2) is 30.3 Å². The van der Waals surface area contributed by atoms with Crippen LogP contribution < -0.4 is 4.74 Å².